The molecule has 0 aromatic rings. The summed E-state index contributed by atoms with van der Waals surface area (Å²) in [7, 11) is 1.65. The van der Waals surface area contributed by atoms with E-state index in [-0.39, 0.29) is 0 Å². The Bertz CT molecular complexity index is 369. The van der Waals surface area contributed by atoms with Crippen molar-refractivity contribution >= 4 is 0 Å². The molecule has 120 valence electrons. The van der Waals surface area contributed by atoms with Crippen molar-refractivity contribution in [1.82, 2.24) is 0 Å². The maximum absolute atomic E-state index is 10.0. The fourth-order valence-corrected chi connectivity index (χ4v) is 6.96. The summed E-state index contributed by atoms with van der Waals surface area (Å²) in [5.74, 6) is 6.54. The number of hydrogen-bond acceptors (Lipinski definition) is 2. The Hall–Kier alpha value is -0.0800. The molecule has 0 aliphatic heterocycles. The molecule has 0 spiro atoms. The summed E-state index contributed by atoms with van der Waals surface area (Å²) in [6.07, 6.45) is 13.8. The molecule has 1 N–H and O–H groups in total. The first-order valence-electron chi connectivity index (χ1n) is 9.48. The fraction of sp³-hybridized carbons (Fsp3) is 1.00. The average Bonchev–Trinajstić information content (AvgIpc) is 3.02. The highest BCUT2D eigenvalue weighted by Crippen LogP contribution is 2.58. The van der Waals surface area contributed by atoms with E-state index >= 15 is 0 Å². The van der Waals surface area contributed by atoms with Crippen molar-refractivity contribution in [1.29, 1.82) is 0 Å². The van der Waals surface area contributed by atoms with Crippen LogP contribution in [0.15, 0.2) is 0 Å². The standard InChI is InChI=1S/C19H32O2/c1-21-19(20)14-7-8-16-13(11-14)6-10-17-15-4-2-3-12(15)5-9-18(16)17/h12-20H,2-11H2,1H3/t12-,13?,14?,15+,16-,17-,18+,19?/m0/s1. The van der Waals surface area contributed by atoms with Gasteiger partial charge >= 0.3 is 0 Å². The zero-order valence-corrected chi connectivity index (χ0v) is 13.5. The van der Waals surface area contributed by atoms with Crippen LogP contribution in [0.2, 0.25) is 0 Å². The van der Waals surface area contributed by atoms with Gasteiger partial charge in [-0.25, -0.2) is 0 Å². The van der Waals surface area contributed by atoms with Gasteiger partial charge in [0.2, 0.25) is 0 Å². The molecule has 0 amide bonds. The van der Waals surface area contributed by atoms with Gasteiger partial charge in [-0.05, 0) is 86.9 Å². The molecule has 4 aliphatic carbocycles. The third kappa shape index (κ3) is 2.47. The van der Waals surface area contributed by atoms with Crippen molar-refractivity contribution in [2.75, 3.05) is 7.11 Å². The normalized spacial score (nSPS) is 50.9. The van der Waals surface area contributed by atoms with Gasteiger partial charge in [0.05, 0.1) is 0 Å². The first-order valence-corrected chi connectivity index (χ1v) is 9.48. The van der Waals surface area contributed by atoms with E-state index < -0.39 is 6.29 Å². The van der Waals surface area contributed by atoms with Crippen molar-refractivity contribution in [3.63, 3.8) is 0 Å². The molecule has 4 saturated carbocycles. The van der Waals surface area contributed by atoms with E-state index in [1.165, 1.54) is 64.2 Å². The number of methoxy groups -OCH3 is 1. The maximum atomic E-state index is 10.0. The summed E-state index contributed by atoms with van der Waals surface area (Å²) in [6.45, 7) is 0. The summed E-state index contributed by atoms with van der Waals surface area (Å²) in [4.78, 5) is 0. The van der Waals surface area contributed by atoms with E-state index in [1.54, 1.807) is 7.11 Å². The molecular formula is C19H32O2. The molecule has 0 bridgehead atoms. The van der Waals surface area contributed by atoms with Crippen LogP contribution in [0.3, 0.4) is 0 Å². The topological polar surface area (TPSA) is 29.5 Å². The molecule has 0 saturated heterocycles. The molecule has 4 rings (SSSR count). The smallest absolute Gasteiger partial charge is 0.156 e. The molecule has 0 aromatic carbocycles. The van der Waals surface area contributed by atoms with E-state index in [0.29, 0.717) is 5.92 Å². The number of ether oxygens (including phenoxy) is 1. The minimum atomic E-state index is -0.519. The van der Waals surface area contributed by atoms with Crippen LogP contribution >= 0.6 is 0 Å². The summed E-state index contributed by atoms with van der Waals surface area (Å²) in [5.41, 5.74) is 0. The SMILES string of the molecule is COC(O)C1CC[C@H]2C(CC[C@H]3[C@@H]4CCC[C@H]4CC[C@@H]32)C1. The van der Waals surface area contributed by atoms with Gasteiger partial charge < -0.3 is 9.84 Å². The number of aliphatic hydroxyl groups excluding tert-OH is 1. The lowest BCUT2D eigenvalue weighted by molar-refractivity contribution is -0.138. The molecule has 0 radical (unpaired) electrons. The second kappa shape index (κ2) is 5.85. The molecule has 0 aromatic heterocycles. The van der Waals surface area contributed by atoms with E-state index in [1.807, 2.05) is 0 Å². The first kappa shape index (κ1) is 14.5. The summed E-state index contributed by atoms with van der Waals surface area (Å²) in [5, 5.41) is 10.0. The lowest BCUT2D eigenvalue weighted by Crippen LogP contribution is -2.45. The fourth-order valence-electron chi connectivity index (χ4n) is 6.96. The molecule has 8 atom stereocenters. The second-order valence-electron chi connectivity index (χ2n) is 8.46. The lowest BCUT2D eigenvalue weighted by Gasteiger charge is -2.53. The number of aliphatic hydroxyl groups is 1. The zero-order valence-electron chi connectivity index (χ0n) is 13.5. The number of rotatable bonds is 2. The van der Waals surface area contributed by atoms with Crippen LogP contribution < -0.4 is 0 Å². The predicted molar refractivity (Wildman–Crippen MR) is 83.6 cm³/mol. The Kier molecular flexibility index (Phi) is 4.04. The average molecular weight is 292 g/mol. The molecule has 3 unspecified atom stereocenters. The summed E-state index contributed by atoms with van der Waals surface area (Å²) < 4.78 is 5.19. The maximum Gasteiger partial charge on any atom is 0.156 e. The minimum Gasteiger partial charge on any atom is -0.368 e. The molecule has 21 heavy (non-hydrogen) atoms. The summed E-state index contributed by atoms with van der Waals surface area (Å²) >= 11 is 0. The monoisotopic (exact) mass is 292 g/mol. The van der Waals surface area contributed by atoms with E-state index in [2.05, 4.69) is 0 Å². The van der Waals surface area contributed by atoms with Gasteiger partial charge in [-0.15, -0.1) is 0 Å². The van der Waals surface area contributed by atoms with Crippen LogP contribution in [0.25, 0.3) is 0 Å². The highest BCUT2D eigenvalue weighted by atomic mass is 16.6. The van der Waals surface area contributed by atoms with Gasteiger partial charge in [-0.3, -0.25) is 0 Å². The largest absolute Gasteiger partial charge is 0.368 e. The Morgan fingerprint density at radius 1 is 0.762 bits per heavy atom. The van der Waals surface area contributed by atoms with Crippen molar-refractivity contribution in [2.45, 2.75) is 70.5 Å². The number of hydrogen-bond donors (Lipinski definition) is 1. The van der Waals surface area contributed by atoms with Gasteiger partial charge in [0.25, 0.3) is 0 Å². The van der Waals surface area contributed by atoms with Crippen LogP contribution in [0, 0.1) is 41.4 Å². The van der Waals surface area contributed by atoms with Gasteiger partial charge in [-0.2, -0.15) is 0 Å². The Balaban J connectivity index is 1.45. The Morgan fingerprint density at radius 3 is 2.19 bits per heavy atom. The zero-order chi connectivity index (χ0) is 14.4. The van der Waals surface area contributed by atoms with Crippen LogP contribution in [-0.2, 0) is 4.74 Å². The highest BCUT2D eigenvalue weighted by molar-refractivity contribution is 4.99. The quantitative estimate of drug-likeness (QED) is 0.772. The van der Waals surface area contributed by atoms with Crippen molar-refractivity contribution < 1.29 is 9.84 Å². The molecule has 0 heterocycles. The molecule has 4 fully saturated rings. The van der Waals surface area contributed by atoms with Crippen molar-refractivity contribution in [3.05, 3.63) is 0 Å². The van der Waals surface area contributed by atoms with Crippen LogP contribution in [0.1, 0.15) is 64.2 Å². The first-order chi connectivity index (χ1) is 10.3. The Labute approximate surface area is 129 Å². The summed E-state index contributed by atoms with van der Waals surface area (Å²) in [6, 6.07) is 0. The predicted octanol–water partition coefficient (Wildman–Crippen LogP) is 4.22. The second-order valence-corrected chi connectivity index (χ2v) is 8.46. The Morgan fingerprint density at radius 2 is 1.43 bits per heavy atom. The van der Waals surface area contributed by atoms with E-state index in [4.69, 9.17) is 4.74 Å². The lowest BCUT2D eigenvalue weighted by atomic mass is 9.53. The van der Waals surface area contributed by atoms with Crippen LogP contribution in [-0.4, -0.2) is 18.5 Å². The van der Waals surface area contributed by atoms with Crippen molar-refractivity contribution in [3.8, 4) is 0 Å². The molecule has 4 aliphatic rings. The van der Waals surface area contributed by atoms with Gasteiger partial charge in [0.1, 0.15) is 0 Å². The van der Waals surface area contributed by atoms with E-state index in [9.17, 15) is 5.11 Å². The van der Waals surface area contributed by atoms with Crippen molar-refractivity contribution in [2.24, 2.45) is 41.4 Å². The highest BCUT2D eigenvalue weighted by Gasteiger charge is 2.49. The van der Waals surface area contributed by atoms with Crippen LogP contribution in [0.5, 0.6) is 0 Å². The van der Waals surface area contributed by atoms with E-state index in [0.717, 1.165) is 35.5 Å². The molecule has 2 nitrogen and oxygen atoms in total. The van der Waals surface area contributed by atoms with Gasteiger partial charge in [-0.1, -0.05) is 12.8 Å². The third-order valence-electron chi connectivity index (χ3n) is 7.84. The molecular weight excluding hydrogens is 260 g/mol. The minimum absolute atomic E-state index is 0.399. The van der Waals surface area contributed by atoms with Gasteiger partial charge in [0.15, 0.2) is 6.29 Å². The van der Waals surface area contributed by atoms with Crippen LogP contribution in [0.4, 0.5) is 0 Å². The number of fused-ring (bicyclic) bond motifs is 5. The molecule has 2 heteroatoms. The van der Waals surface area contributed by atoms with Gasteiger partial charge in [0, 0.05) is 13.0 Å². The third-order valence-corrected chi connectivity index (χ3v) is 7.84.